The lowest BCUT2D eigenvalue weighted by molar-refractivity contribution is -0.0403. The van der Waals surface area contributed by atoms with Crippen molar-refractivity contribution in [2.24, 2.45) is 5.73 Å². The number of hydrogen-bond acceptors (Lipinski definition) is 4. The van der Waals surface area contributed by atoms with E-state index in [0.717, 1.165) is 26.2 Å². The van der Waals surface area contributed by atoms with Gasteiger partial charge in [0.1, 0.15) is 0 Å². The van der Waals surface area contributed by atoms with Crippen LogP contribution >= 0.6 is 0 Å². The zero-order valence-corrected chi connectivity index (χ0v) is 13.2. The average molecular weight is 289 g/mol. The average Bonchev–Trinajstić information content (AvgIpc) is 2.47. The molecule has 2 heterocycles. The zero-order valence-electron chi connectivity index (χ0n) is 13.2. The fourth-order valence-electron chi connectivity index (χ4n) is 3.39. The van der Waals surface area contributed by atoms with Gasteiger partial charge < -0.3 is 15.4 Å². The Labute approximate surface area is 127 Å². The molecule has 2 aliphatic rings. The first-order chi connectivity index (χ1) is 10.1. The van der Waals surface area contributed by atoms with E-state index in [1.54, 1.807) is 0 Å². The molecule has 0 bridgehead atoms. The number of benzene rings is 1. The molecule has 116 valence electrons. The number of fused-ring (bicyclic) bond motifs is 1. The molecule has 2 aliphatic heterocycles. The Morgan fingerprint density at radius 1 is 1.38 bits per heavy atom. The number of morpholine rings is 1. The highest BCUT2D eigenvalue weighted by Crippen LogP contribution is 2.27. The molecule has 1 saturated heterocycles. The molecule has 4 nitrogen and oxygen atoms in total. The Balaban J connectivity index is 1.68. The summed E-state index contributed by atoms with van der Waals surface area (Å²) in [6, 6.07) is 7.05. The van der Waals surface area contributed by atoms with Gasteiger partial charge in [0.05, 0.1) is 12.7 Å². The van der Waals surface area contributed by atoms with Crippen LogP contribution in [0.1, 0.15) is 24.5 Å². The topological polar surface area (TPSA) is 41.7 Å². The maximum absolute atomic E-state index is 5.97. The summed E-state index contributed by atoms with van der Waals surface area (Å²) >= 11 is 0. The van der Waals surface area contributed by atoms with Crippen molar-refractivity contribution in [3.05, 3.63) is 29.3 Å². The number of anilines is 1. The number of aryl methyl sites for hydroxylation is 1. The fraction of sp³-hybridized carbons (Fsp3) is 0.647. The summed E-state index contributed by atoms with van der Waals surface area (Å²) in [4.78, 5) is 4.83. The van der Waals surface area contributed by atoms with Gasteiger partial charge in [-0.2, -0.15) is 0 Å². The highest BCUT2D eigenvalue weighted by atomic mass is 16.5. The third-order valence-corrected chi connectivity index (χ3v) is 4.66. The number of nitrogens with zero attached hydrogens (tertiary/aromatic N) is 2. The second-order valence-corrected chi connectivity index (χ2v) is 6.49. The molecule has 2 N–H and O–H groups in total. The van der Waals surface area contributed by atoms with Crippen molar-refractivity contribution in [2.45, 2.75) is 38.5 Å². The smallest absolute Gasteiger partial charge is 0.0850 e. The van der Waals surface area contributed by atoms with Crippen LogP contribution in [-0.4, -0.2) is 50.3 Å². The van der Waals surface area contributed by atoms with E-state index in [9.17, 15) is 0 Å². The van der Waals surface area contributed by atoms with E-state index in [1.807, 2.05) is 6.92 Å². The molecule has 1 aromatic carbocycles. The van der Waals surface area contributed by atoms with Crippen molar-refractivity contribution in [3.8, 4) is 0 Å². The predicted molar refractivity (Wildman–Crippen MR) is 86.7 cm³/mol. The van der Waals surface area contributed by atoms with Crippen LogP contribution in [0.2, 0.25) is 0 Å². The molecule has 0 saturated carbocycles. The van der Waals surface area contributed by atoms with Crippen molar-refractivity contribution in [2.75, 3.05) is 38.2 Å². The van der Waals surface area contributed by atoms with E-state index >= 15 is 0 Å². The highest BCUT2D eigenvalue weighted by Gasteiger charge is 2.23. The van der Waals surface area contributed by atoms with Crippen molar-refractivity contribution in [3.63, 3.8) is 0 Å². The van der Waals surface area contributed by atoms with Crippen LogP contribution in [0.3, 0.4) is 0 Å². The minimum atomic E-state index is 0.102. The monoisotopic (exact) mass is 289 g/mol. The Bertz CT molecular complexity index is 489. The van der Waals surface area contributed by atoms with Gasteiger partial charge in [-0.1, -0.05) is 12.1 Å². The molecule has 1 aromatic rings. The van der Waals surface area contributed by atoms with Gasteiger partial charge in [0, 0.05) is 45.0 Å². The molecule has 0 spiro atoms. The van der Waals surface area contributed by atoms with Crippen molar-refractivity contribution >= 4 is 5.69 Å². The van der Waals surface area contributed by atoms with Gasteiger partial charge >= 0.3 is 0 Å². The van der Waals surface area contributed by atoms with E-state index in [0.29, 0.717) is 0 Å². The fourth-order valence-corrected chi connectivity index (χ4v) is 3.39. The first-order valence-corrected chi connectivity index (χ1v) is 8.06. The highest BCUT2D eigenvalue weighted by molar-refractivity contribution is 5.56. The number of nitrogens with two attached hydrogens (primary N) is 1. The quantitative estimate of drug-likeness (QED) is 0.918. The third kappa shape index (κ3) is 3.39. The van der Waals surface area contributed by atoms with Gasteiger partial charge in [-0.05, 0) is 37.0 Å². The van der Waals surface area contributed by atoms with E-state index in [4.69, 9.17) is 10.5 Å². The SMILES string of the molecule is CC(N)C1CN(Cc2ccc3c(c2)CCCN3C)CCO1. The maximum Gasteiger partial charge on any atom is 0.0850 e. The summed E-state index contributed by atoms with van der Waals surface area (Å²) in [6.45, 7) is 6.94. The standard InChI is InChI=1S/C17H27N3O/c1-13(18)17-12-20(8-9-21-17)11-14-5-6-16-15(10-14)4-3-7-19(16)2/h5-6,10,13,17H,3-4,7-9,11-12,18H2,1-2H3. The Morgan fingerprint density at radius 2 is 2.24 bits per heavy atom. The van der Waals surface area contributed by atoms with Gasteiger partial charge in [0.25, 0.3) is 0 Å². The van der Waals surface area contributed by atoms with Crippen molar-refractivity contribution in [1.29, 1.82) is 0 Å². The molecule has 1 fully saturated rings. The predicted octanol–water partition coefficient (Wildman–Crippen LogP) is 1.62. The summed E-state index contributed by atoms with van der Waals surface area (Å²) in [6.07, 6.45) is 2.64. The van der Waals surface area contributed by atoms with Crippen LogP contribution in [0, 0.1) is 0 Å². The first-order valence-electron chi connectivity index (χ1n) is 8.06. The van der Waals surface area contributed by atoms with Crippen LogP contribution in [0.25, 0.3) is 0 Å². The van der Waals surface area contributed by atoms with E-state index < -0.39 is 0 Å². The van der Waals surface area contributed by atoms with Gasteiger partial charge in [-0.25, -0.2) is 0 Å². The minimum absolute atomic E-state index is 0.102. The number of ether oxygens (including phenoxy) is 1. The normalized spacial score (nSPS) is 24.7. The van der Waals surface area contributed by atoms with Crippen LogP contribution in [0.15, 0.2) is 18.2 Å². The molecule has 2 atom stereocenters. The molecule has 0 amide bonds. The zero-order chi connectivity index (χ0) is 14.8. The Kier molecular flexibility index (Phi) is 4.48. The van der Waals surface area contributed by atoms with Gasteiger partial charge in [-0.15, -0.1) is 0 Å². The maximum atomic E-state index is 5.97. The summed E-state index contributed by atoms with van der Waals surface area (Å²) in [5.41, 5.74) is 10.3. The molecule has 0 aliphatic carbocycles. The lowest BCUT2D eigenvalue weighted by Gasteiger charge is -2.35. The second-order valence-electron chi connectivity index (χ2n) is 6.49. The molecule has 4 heteroatoms. The Morgan fingerprint density at radius 3 is 3.05 bits per heavy atom. The first kappa shape index (κ1) is 14.8. The molecular formula is C17H27N3O. The summed E-state index contributed by atoms with van der Waals surface area (Å²) < 4.78 is 5.74. The molecule has 21 heavy (non-hydrogen) atoms. The Hall–Kier alpha value is -1.10. The van der Waals surface area contributed by atoms with Crippen molar-refractivity contribution < 1.29 is 4.74 Å². The van der Waals surface area contributed by atoms with E-state index in [2.05, 4.69) is 35.0 Å². The third-order valence-electron chi connectivity index (χ3n) is 4.66. The van der Waals surface area contributed by atoms with E-state index in [-0.39, 0.29) is 12.1 Å². The minimum Gasteiger partial charge on any atom is -0.374 e. The lowest BCUT2D eigenvalue weighted by atomic mass is 9.99. The summed E-state index contributed by atoms with van der Waals surface area (Å²) in [5.74, 6) is 0. The molecule has 2 unspecified atom stereocenters. The van der Waals surface area contributed by atoms with Crippen molar-refractivity contribution in [1.82, 2.24) is 4.90 Å². The summed E-state index contributed by atoms with van der Waals surface area (Å²) in [7, 11) is 2.19. The van der Waals surface area contributed by atoms with Gasteiger partial charge in [0.2, 0.25) is 0 Å². The molecule has 0 aromatic heterocycles. The second kappa shape index (κ2) is 6.34. The van der Waals surface area contributed by atoms with Crippen LogP contribution in [0.5, 0.6) is 0 Å². The van der Waals surface area contributed by atoms with Crippen LogP contribution in [0.4, 0.5) is 5.69 Å². The van der Waals surface area contributed by atoms with E-state index in [1.165, 1.54) is 36.2 Å². The number of hydrogen-bond donors (Lipinski definition) is 1. The molecular weight excluding hydrogens is 262 g/mol. The van der Waals surface area contributed by atoms with Crippen LogP contribution in [-0.2, 0) is 17.7 Å². The summed E-state index contributed by atoms with van der Waals surface area (Å²) in [5, 5.41) is 0. The van der Waals surface area contributed by atoms with Gasteiger partial charge in [0.15, 0.2) is 0 Å². The molecule has 3 rings (SSSR count). The van der Waals surface area contributed by atoms with Crippen LogP contribution < -0.4 is 10.6 Å². The lowest BCUT2D eigenvalue weighted by Crippen LogP contribution is -2.49. The molecule has 0 radical (unpaired) electrons. The largest absolute Gasteiger partial charge is 0.374 e. The number of rotatable bonds is 3. The van der Waals surface area contributed by atoms with Gasteiger partial charge in [-0.3, -0.25) is 4.90 Å².